The Morgan fingerprint density at radius 1 is 0.732 bits per heavy atom. The molecule has 5 N–H and O–H groups in total. The van der Waals surface area contributed by atoms with Crippen LogP contribution in [0.1, 0.15) is 31.2 Å². The van der Waals surface area contributed by atoms with E-state index in [2.05, 4.69) is 0 Å². The lowest BCUT2D eigenvalue weighted by Crippen LogP contribution is -2.59. The number of hydrogen-bond donors (Lipinski definition) is 5. The van der Waals surface area contributed by atoms with Crippen LogP contribution in [-0.4, -0.2) is 132 Å². The van der Waals surface area contributed by atoms with Gasteiger partial charge in [0.2, 0.25) is 0 Å². The molecular formula is C25H34N4O12. The monoisotopic (exact) mass is 582 g/mol. The molecule has 0 spiro atoms. The molecule has 3 atom stereocenters. The van der Waals surface area contributed by atoms with Crippen LogP contribution >= 0.6 is 0 Å². The largest absolute Gasteiger partial charge is 0.480 e. The Bertz CT molecular complexity index is 1080. The minimum absolute atomic E-state index is 0.0139. The zero-order valence-corrected chi connectivity index (χ0v) is 22.2. The van der Waals surface area contributed by atoms with E-state index in [1.54, 1.807) is 0 Å². The van der Waals surface area contributed by atoms with Gasteiger partial charge in [-0.05, 0) is 24.8 Å². The molecule has 0 saturated heterocycles. The van der Waals surface area contributed by atoms with Gasteiger partial charge in [0.1, 0.15) is 0 Å². The summed E-state index contributed by atoms with van der Waals surface area (Å²) in [6, 6.07) is 3.20. The van der Waals surface area contributed by atoms with Crippen LogP contribution in [-0.2, 0) is 30.4 Å². The van der Waals surface area contributed by atoms with E-state index in [1.165, 1.54) is 34.1 Å². The lowest BCUT2D eigenvalue weighted by atomic mass is 9.87. The molecule has 2 rings (SSSR count). The molecule has 1 aromatic rings. The van der Waals surface area contributed by atoms with Gasteiger partial charge in [0.15, 0.2) is 0 Å². The molecule has 226 valence electrons. The molecule has 1 aliphatic rings. The first-order valence-corrected chi connectivity index (χ1v) is 12.8. The number of nitro benzene ring substituents is 1. The maximum Gasteiger partial charge on any atom is 0.317 e. The highest BCUT2D eigenvalue weighted by atomic mass is 16.6. The number of carboxylic acids is 5. The Labute approximate surface area is 234 Å². The van der Waals surface area contributed by atoms with E-state index >= 15 is 0 Å². The van der Waals surface area contributed by atoms with Gasteiger partial charge in [-0.3, -0.25) is 48.8 Å². The fraction of sp³-hybridized carbons (Fsp3) is 0.560. The molecule has 1 fully saturated rings. The summed E-state index contributed by atoms with van der Waals surface area (Å²) in [6.45, 7) is -3.28. The zero-order valence-electron chi connectivity index (χ0n) is 22.2. The highest BCUT2D eigenvalue weighted by Crippen LogP contribution is 2.28. The van der Waals surface area contributed by atoms with Gasteiger partial charge in [0.25, 0.3) is 5.69 Å². The molecule has 16 nitrogen and oxygen atoms in total. The number of rotatable bonds is 18. The van der Waals surface area contributed by atoms with Gasteiger partial charge in [-0.25, -0.2) is 0 Å². The van der Waals surface area contributed by atoms with Crippen LogP contribution in [0.15, 0.2) is 24.3 Å². The molecule has 1 aromatic carbocycles. The molecule has 1 aliphatic carbocycles. The van der Waals surface area contributed by atoms with Gasteiger partial charge >= 0.3 is 29.8 Å². The number of nitrogens with zero attached hydrogens (tertiary/aromatic N) is 4. The minimum atomic E-state index is -1.32. The third-order valence-electron chi connectivity index (χ3n) is 6.90. The predicted octanol–water partition coefficient (Wildman–Crippen LogP) is 0.146. The molecule has 0 bridgehead atoms. The molecule has 0 aromatic heterocycles. The van der Waals surface area contributed by atoms with E-state index in [1.807, 2.05) is 0 Å². The third-order valence-corrected chi connectivity index (χ3v) is 6.90. The second kappa shape index (κ2) is 15.6. The molecule has 0 heterocycles. The molecule has 41 heavy (non-hydrogen) atoms. The number of carbonyl (C=O) groups is 5. The van der Waals surface area contributed by atoms with Crippen LogP contribution in [0.2, 0.25) is 0 Å². The SMILES string of the molecule is O=C(O)CN(CC(=O)O)[C@H](Cc1ccc([N+](=O)[O-])cc1)CN(CC(=O)O)[C@@H]1CCCC[C@H]1N(CC(=O)O)CC(=O)O. The van der Waals surface area contributed by atoms with Gasteiger partial charge in [-0.15, -0.1) is 0 Å². The van der Waals surface area contributed by atoms with Crippen molar-refractivity contribution in [3.63, 3.8) is 0 Å². The predicted molar refractivity (Wildman–Crippen MR) is 140 cm³/mol. The van der Waals surface area contributed by atoms with Crippen molar-refractivity contribution in [1.82, 2.24) is 14.7 Å². The quantitative estimate of drug-likeness (QED) is 0.114. The van der Waals surface area contributed by atoms with Gasteiger partial charge in [-0.1, -0.05) is 25.0 Å². The number of nitro groups is 1. The van der Waals surface area contributed by atoms with Crippen molar-refractivity contribution in [3.05, 3.63) is 39.9 Å². The second-order valence-electron chi connectivity index (χ2n) is 9.91. The second-order valence-corrected chi connectivity index (χ2v) is 9.91. The van der Waals surface area contributed by atoms with Gasteiger partial charge in [0.05, 0.1) is 37.6 Å². The Balaban J connectivity index is 2.51. The number of non-ortho nitro benzene ring substituents is 1. The smallest absolute Gasteiger partial charge is 0.317 e. The van der Waals surface area contributed by atoms with Crippen LogP contribution in [0.5, 0.6) is 0 Å². The molecule has 16 heteroatoms. The lowest BCUT2D eigenvalue weighted by molar-refractivity contribution is -0.384. The molecule has 0 unspecified atom stereocenters. The summed E-state index contributed by atoms with van der Waals surface area (Å²) in [5.41, 5.74) is 0.322. The standard InChI is InChI=1S/C25H34N4O12/c30-21(31)11-26(12-22(32)33)18(9-16-5-7-17(8-6-16)29(40)41)10-27(13-23(34)35)19-3-1-2-4-20(19)28(14-24(36)37)15-25(38)39/h5-8,18-20H,1-4,9-15H2,(H,30,31)(H,32,33)(H,34,35)(H,36,37)(H,38,39)/t18-,19-,20-/m1/s1. The average Bonchev–Trinajstić information content (AvgIpc) is 2.86. The van der Waals surface area contributed by atoms with Crippen LogP contribution in [0.3, 0.4) is 0 Å². The van der Waals surface area contributed by atoms with E-state index in [4.69, 9.17) is 0 Å². The van der Waals surface area contributed by atoms with Gasteiger partial charge in [-0.2, -0.15) is 0 Å². The van der Waals surface area contributed by atoms with Crippen LogP contribution in [0.4, 0.5) is 5.69 Å². The van der Waals surface area contributed by atoms with E-state index in [0.29, 0.717) is 31.2 Å². The summed E-state index contributed by atoms with van der Waals surface area (Å²) in [5, 5.41) is 58.6. The lowest BCUT2D eigenvalue weighted by Gasteiger charge is -2.45. The van der Waals surface area contributed by atoms with Crippen molar-refractivity contribution in [3.8, 4) is 0 Å². The average molecular weight is 583 g/mol. The zero-order chi connectivity index (χ0) is 30.7. The summed E-state index contributed by atoms with van der Waals surface area (Å²) in [6.07, 6.45) is 2.10. The molecular weight excluding hydrogens is 548 g/mol. The number of aliphatic carboxylic acids is 5. The summed E-state index contributed by atoms with van der Waals surface area (Å²) < 4.78 is 0. The highest BCUT2D eigenvalue weighted by Gasteiger charge is 2.38. The Morgan fingerprint density at radius 3 is 1.56 bits per heavy atom. The fourth-order valence-corrected chi connectivity index (χ4v) is 5.34. The summed E-state index contributed by atoms with van der Waals surface area (Å²) in [7, 11) is 0. The van der Waals surface area contributed by atoms with Crippen molar-refractivity contribution < 1.29 is 54.4 Å². The molecule has 0 amide bonds. The van der Waals surface area contributed by atoms with Crippen molar-refractivity contribution in [2.75, 3.05) is 39.3 Å². The summed E-state index contributed by atoms with van der Waals surface area (Å²) in [5.74, 6) is -6.41. The molecule has 0 radical (unpaired) electrons. The van der Waals surface area contributed by atoms with Gasteiger partial charge < -0.3 is 25.5 Å². The number of benzene rings is 1. The maximum absolute atomic E-state index is 11.9. The highest BCUT2D eigenvalue weighted by molar-refractivity contribution is 5.73. The fourth-order valence-electron chi connectivity index (χ4n) is 5.34. The summed E-state index contributed by atoms with van der Waals surface area (Å²) >= 11 is 0. The van der Waals surface area contributed by atoms with Crippen LogP contribution in [0, 0.1) is 10.1 Å². The number of carboxylic acid groups (broad SMARTS) is 5. The molecule has 0 aliphatic heterocycles. The van der Waals surface area contributed by atoms with Crippen molar-refractivity contribution in [1.29, 1.82) is 0 Å². The first-order chi connectivity index (χ1) is 19.3. The van der Waals surface area contributed by atoms with Crippen LogP contribution in [0.25, 0.3) is 0 Å². The first kappa shape index (κ1) is 33.1. The minimum Gasteiger partial charge on any atom is -0.480 e. The summed E-state index contributed by atoms with van der Waals surface area (Å²) in [4.78, 5) is 72.7. The van der Waals surface area contributed by atoms with E-state index in [0.717, 1.165) is 4.90 Å². The van der Waals surface area contributed by atoms with E-state index < -0.39 is 85.6 Å². The van der Waals surface area contributed by atoms with Crippen molar-refractivity contribution in [2.45, 2.75) is 50.2 Å². The topological polar surface area (TPSA) is 239 Å². The van der Waals surface area contributed by atoms with E-state index in [-0.39, 0.29) is 18.7 Å². The maximum atomic E-state index is 11.9. The van der Waals surface area contributed by atoms with Crippen molar-refractivity contribution >= 4 is 35.5 Å². The Morgan fingerprint density at radius 2 is 1.15 bits per heavy atom. The third kappa shape index (κ3) is 11.1. The first-order valence-electron chi connectivity index (χ1n) is 12.8. The Hall–Kier alpha value is -4.15. The van der Waals surface area contributed by atoms with E-state index in [9.17, 15) is 59.6 Å². The normalized spacial score (nSPS) is 17.8. The number of hydrogen-bond acceptors (Lipinski definition) is 10. The van der Waals surface area contributed by atoms with Crippen molar-refractivity contribution in [2.24, 2.45) is 0 Å². The van der Waals surface area contributed by atoms with Gasteiger partial charge in [0, 0.05) is 36.8 Å². The molecule has 1 saturated carbocycles. The van der Waals surface area contributed by atoms with Crippen LogP contribution < -0.4 is 0 Å². The Kier molecular flexibility index (Phi) is 12.6.